The zero-order valence-corrected chi connectivity index (χ0v) is 20.5. The molecule has 0 nitrogen and oxygen atoms in total. The number of rotatable bonds is 2. The van der Waals surface area contributed by atoms with Crippen molar-refractivity contribution >= 4 is 40.7 Å². The second-order valence-electron chi connectivity index (χ2n) is 6.97. The largest absolute Gasteiger partial charge is 4.00 e. The van der Waals surface area contributed by atoms with E-state index in [0.717, 1.165) is 8.58 Å². The Morgan fingerprint density at radius 2 is 1.17 bits per heavy atom. The van der Waals surface area contributed by atoms with Gasteiger partial charge in [0.1, 0.15) is 0 Å². The summed E-state index contributed by atoms with van der Waals surface area (Å²) in [7, 11) is 0.759. The van der Waals surface area contributed by atoms with Gasteiger partial charge in [-0.2, -0.15) is 12.1 Å². The topological polar surface area (TPSA) is 0 Å². The van der Waals surface area contributed by atoms with Crippen LogP contribution in [0.5, 0.6) is 0 Å². The Morgan fingerprint density at radius 3 is 1.77 bits per heavy atom. The minimum atomic E-state index is 0. The van der Waals surface area contributed by atoms with E-state index in [-0.39, 0.29) is 35.6 Å². The van der Waals surface area contributed by atoms with Gasteiger partial charge in [0, 0.05) is 0 Å². The standard InChI is InChI=1S/C16H14P.C10H9.2FH.Zr/c1-12-6-2-5-9-16(12)17-15-10-13-7-3-4-8-14(13)11-15;1-8-6-9-4-2-3-5-10(9)7-8;;;/h2-11,17H,1H3;2-7H,1H3;2*1H;/q2*-1;;;+4/p-2. The summed E-state index contributed by atoms with van der Waals surface area (Å²) < 4.78 is 0. The third-order valence-electron chi connectivity index (χ3n) is 4.80. The fourth-order valence-corrected chi connectivity index (χ4v) is 4.62. The Kier molecular flexibility index (Phi) is 10.5. The van der Waals surface area contributed by atoms with Crippen molar-refractivity contribution in [3.05, 3.63) is 108 Å². The summed E-state index contributed by atoms with van der Waals surface area (Å²) in [6.45, 7) is 4.31. The van der Waals surface area contributed by atoms with Crippen molar-refractivity contribution in [1.82, 2.24) is 0 Å². The van der Waals surface area contributed by atoms with Gasteiger partial charge in [-0.05, 0) is 17.8 Å². The zero-order valence-electron chi connectivity index (χ0n) is 17.0. The van der Waals surface area contributed by atoms with Crippen LogP contribution in [0.2, 0.25) is 0 Å². The average molecular weight is 496 g/mol. The van der Waals surface area contributed by atoms with E-state index >= 15 is 0 Å². The van der Waals surface area contributed by atoms with Crippen LogP contribution in [0, 0.1) is 13.8 Å². The first-order valence-corrected chi connectivity index (χ1v) is 10.3. The second-order valence-corrected chi connectivity index (χ2v) is 8.34. The van der Waals surface area contributed by atoms with Crippen LogP contribution in [-0.2, 0) is 26.2 Å². The van der Waals surface area contributed by atoms with E-state index in [1.165, 1.54) is 43.3 Å². The number of hydrogen-bond donors (Lipinski definition) is 0. The summed E-state index contributed by atoms with van der Waals surface area (Å²) in [6, 6.07) is 34.6. The van der Waals surface area contributed by atoms with Crippen LogP contribution >= 0.6 is 8.58 Å². The fourth-order valence-electron chi connectivity index (χ4n) is 3.40. The van der Waals surface area contributed by atoms with E-state index in [0.29, 0.717) is 0 Å². The summed E-state index contributed by atoms with van der Waals surface area (Å²) in [6.07, 6.45) is 0. The molecule has 0 aromatic heterocycles. The monoisotopic (exact) mass is 494 g/mol. The first kappa shape index (κ1) is 26.1. The molecule has 5 rings (SSSR count). The van der Waals surface area contributed by atoms with E-state index in [2.05, 4.69) is 111 Å². The van der Waals surface area contributed by atoms with Gasteiger partial charge in [-0.15, -0.1) is 80.9 Å². The molecular weight excluding hydrogens is 472 g/mol. The predicted octanol–water partition coefficient (Wildman–Crippen LogP) is 0.369. The quantitative estimate of drug-likeness (QED) is 0.245. The molecule has 150 valence electrons. The average Bonchev–Trinajstić information content (AvgIpc) is 3.25. The normalized spacial score (nSPS) is 10.1. The number of halogens is 2. The zero-order chi connectivity index (χ0) is 18.6. The molecule has 0 heterocycles. The van der Waals surface area contributed by atoms with Crippen LogP contribution in [0.15, 0.2) is 97.1 Å². The minimum Gasteiger partial charge on any atom is -1.00 e. The summed E-state index contributed by atoms with van der Waals surface area (Å²) in [5, 5.41) is 8.27. The molecule has 0 aliphatic carbocycles. The van der Waals surface area contributed by atoms with Gasteiger partial charge in [0.25, 0.3) is 0 Å². The molecule has 0 spiro atoms. The van der Waals surface area contributed by atoms with Crippen molar-refractivity contribution in [2.24, 2.45) is 0 Å². The Hall–Kier alpha value is -1.95. The number of aryl methyl sites for hydroxylation is 2. The summed E-state index contributed by atoms with van der Waals surface area (Å²) >= 11 is 0. The van der Waals surface area contributed by atoms with Crippen molar-refractivity contribution in [3.8, 4) is 0 Å². The van der Waals surface area contributed by atoms with Crippen LogP contribution in [-0.4, -0.2) is 0 Å². The first-order chi connectivity index (χ1) is 13.2. The third kappa shape index (κ3) is 6.27. The molecule has 1 unspecified atom stereocenters. The molecule has 4 heteroatoms. The van der Waals surface area contributed by atoms with E-state index in [9.17, 15) is 0 Å². The van der Waals surface area contributed by atoms with Crippen LogP contribution < -0.4 is 20.0 Å². The summed E-state index contributed by atoms with van der Waals surface area (Å²) in [4.78, 5) is 0. The molecule has 0 fully saturated rings. The van der Waals surface area contributed by atoms with E-state index < -0.39 is 0 Å². The Morgan fingerprint density at radius 1 is 0.633 bits per heavy atom. The van der Waals surface area contributed by atoms with Gasteiger partial charge in [0.05, 0.1) is 0 Å². The van der Waals surface area contributed by atoms with Crippen LogP contribution in [0.1, 0.15) is 11.1 Å². The summed E-state index contributed by atoms with van der Waals surface area (Å²) in [5.74, 6) is 0. The van der Waals surface area contributed by atoms with Crippen LogP contribution in [0.25, 0.3) is 21.5 Å². The van der Waals surface area contributed by atoms with Gasteiger partial charge in [-0.1, -0.05) is 51.9 Å². The Balaban J connectivity index is 0.000000302. The van der Waals surface area contributed by atoms with Crippen molar-refractivity contribution in [2.45, 2.75) is 13.8 Å². The van der Waals surface area contributed by atoms with Crippen LogP contribution in [0.3, 0.4) is 0 Å². The third-order valence-corrected chi connectivity index (χ3v) is 6.21. The molecule has 0 amide bonds. The maximum absolute atomic E-state index is 2.31. The second kappa shape index (κ2) is 12.0. The number of fused-ring (bicyclic) bond motifs is 2. The van der Waals surface area contributed by atoms with Gasteiger partial charge in [0.2, 0.25) is 0 Å². The molecule has 0 saturated heterocycles. The molecule has 5 aromatic rings. The Labute approximate surface area is 197 Å². The molecule has 1 atom stereocenters. The first-order valence-electron chi connectivity index (χ1n) is 9.29. The van der Waals surface area contributed by atoms with E-state index in [1.807, 2.05) is 0 Å². The smallest absolute Gasteiger partial charge is 1.00 e. The molecule has 0 N–H and O–H groups in total. The molecule has 0 bridgehead atoms. The number of hydrogen-bond acceptors (Lipinski definition) is 0. The van der Waals surface area contributed by atoms with E-state index in [1.54, 1.807) is 0 Å². The molecule has 30 heavy (non-hydrogen) atoms. The molecule has 0 saturated carbocycles. The van der Waals surface area contributed by atoms with E-state index in [4.69, 9.17) is 0 Å². The van der Waals surface area contributed by atoms with Gasteiger partial charge in [0.15, 0.2) is 0 Å². The fraction of sp³-hybridized carbons (Fsp3) is 0.0769. The molecular formula is C26H23F2PZr. The van der Waals surface area contributed by atoms with Crippen molar-refractivity contribution in [3.63, 3.8) is 0 Å². The Bertz CT molecular complexity index is 1120. The van der Waals surface area contributed by atoms with Gasteiger partial charge >= 0.3 is 26.2 Å². The molecule has 0 aliphatic rings. The molecule has 0 radical (unpaired) electrons. The maximum Gasteiger partial charge on any atom is 4.00 e. The van der Waals surface area contributed by atoms with Crippen molar-refractivity contribution < 1.29 is 35.6 Å². The summed E-state index contributed by atoms with van der Waals surface area (Å²) in [5.41, 5.74) is 2.73. The molecule has 5 aromatic carbocycles. The predicted molar refractivity (Wildman–Crippen MR) is 123 cm³/mol. The minimum absolute atomic E-state index is 0. The SMILES string of the molecule is Cc1cc2ccccc2[cH-]1.Cc1ccccc1Pc1cc2ccccc2[cH-]1.[F-].[F-].[Zr+4]. The van der Waals surface area contributed by atoms with Gasteiger partial charge < -0.3 is 9.41 Å². The van der Waals surface area contributed by atoms with Crippen molar-refractivity contribution in [1.29, 1.82) is 0 Å². The van der Waals surface area contributed by atoms with Crippen molar-refractivity contribution in [2.75, 3.05) is 0 Å². The van der Waals surface area contributed by atoms with Crippen LogP contribution in [0.4, 0.5) is 0 Å². The maximum atomic E-state index is 2.31. The molecule has 0 aliphatic heterocycles. The number of benzene rings is 3. The van der Waals surface area contributed by atoms with Gasteiger partial charge in [-0.3, -0.25) is 0 Å². The van der Waals surface area contributed by atoms with Gasteiger partial charge in [-0.25, -0.2) is 0 Å².